The van der Waals surface area contributed by atoms with Gasteiger partial charge >= 0.3 is 23.3 Å². The highest BCUT2D eigenvalue weighted by molar-refractivity contribution is 5.89. The van der Waals surface area contributed by atoms with Crippen LogP contribution in [0, 0.1) is 0 Å². The number of aromatic hydroxyl groups is 5. The van der Waals surface area contributed by atoms with Gasteiger partial charge in [0, 0.05) is 30.4 Å². The zero-order valence-corrected chi connectivity index (χ0v) is 42.1. The molecule has 0 unspecified atom stereocenters. The predicted molar refractivity (Wildman–Crippen MR) is 268 cm³/mol. The Hall–Kier alpha value is -7.61. The summed E-state index contributed by atoms with van der Waals surface area (Å²) in [5.41, 5.74) is 0.593. The van der Waals surface area contributed by atoms with Gasteiger partial charge in [-0.15, -0.1) is 0 Å². The fraction of sp³-hybridized carbons (Fsp3) is 0.377. The first kappa shape index (κ1) is 58.5. The summed E-state index contributed by atoms with van der Waals surface area (Å²) in [6, 6.07) is 15.2. The smallest absolute Gasteiger partial charge is 0.402 e. The monoisotopic (exact) mass is 1130 g/mol. The molecule has 0 aliphatic carbocycles. The Morgan fingerprint density at radius 3 is 1.66 bits per heavy atom. The number of aliphatic hydroxyl groups excluding tert-OH is 9. The van der Waals surface area contributed by atoms with Crippen molar-refractivity contribution in [3.63, 3.8) is 0 Å². The highest BCUT2D eigenvalue weighted by Crippen LogP contribution is 2.44. The van der Waals surface area contributed by atoms with E-state index in [0.717, 1.165) is 30.4 Å². The van der Waals surface area contributed by atoms with Crippen molar-refractivity contribution >= 4 is 35.1 Å². The molecule has 3 saturated heterocycles. The van der Waals surface area contributed by atoms with Crippen molar-refractivity contribution in [1.29, 1.82) is 0 Å². The van der Waals surface area contributed by atoms with Gasteiger partial charge in [0.25, 0.3) is 0 Å². The maximum Gasteiger partial charge on any atom is 0.402 e. The van der Waals surface area contributed by atoms with E-state index in [0.29, 0.717) is 5.56 Å². The Morgan fingerprint density at radius 2 is 1.05 bits per heavy atom. The van der Waals surface area contributed by atoms with E-state index in [-0.39, 0.29) is 56.6 Å². The van der Waals surface area contributed by atoms with Crippen molar-refractivity contribution in [3.8, 4) is 63.1 Å². The summed E-state index contributed by atoms with van der Waals surface area (Å²) in [6.45, 7) is -2.40. The van der Waals surface area contributed by atoms with Gasteiger partial charge in [0.05, 0.1) is 32.5 Å². The van der Waals surface area contributed by atoms with E-state index >= 15 is 0 Å². The first-order valence-corrected chi connectivity index (χ1v) is 24.3. The number of aliphatic hydroxyl groups is 9. The van der Waals surface area contributed by atoms with Gasteiger partial charge in [-0.2, -0.15) is 0 Å². The first-order valence-electron chi connectivity index (χ1n) is 24.3. The van der Waals surface area contributed by atoms with E-state index in [1.165, 1.54) is 81.0 Å². The summed E-state index contributed by atoms with van der Waals surface area (Å²) >= 11 is 0. The topological polar surface area (TPSA) is 421 Å². The molecule has 5 aromatic rings. The Bertz CT molecular complexity index is 3060. The molecule has 4 heterocycles. The second kappa shape index (κ2) is 25.2. The number of rotatable bonds is 18. The molecule has 0 bridgehead atoms. The molecule has 0 spiro atoms. The normalized spacial score (nSPS) is 28.9. The van der Waals surface area contributed by atoms with Crippen molar-refractivity contribution < 1.29 is 133 Å². The van der Waals surface area contributed by atoms with Crippen molar-refractivity contribution in [2.45, 2.75) is 92.1 Å². The van der Waals surface area contributed by atoms with E-state index in [4.69, 9.17) is 51.8 Å². The molecule has 430 valence electrons. The molecule has 27 heteroatoms. The van der Waals surface area contributed by atoms with E-state index in [1.54, 1.807) is 0 Å². The number of phenolic OH excluding ortho intramolecular Hbond substituents is 5. The molecule has 8 rings (SSSR count). The number of phenols is 5. The molecule has 4 aromatic carbocycles. The van der Waals surface area contributed by atoms with Gasteiger partial charge < -0.3 is 119 Å². The lowest BCUT2D eigenvalue weighted by molar-refractivity contribution is -0.358. The van der Waals surface area contributed by atoms with Crippen LogP contribution in [-0.4, -0.2) is 210 Å². The molecule has 15 atom stereocenters. The lowest BCUT2D eigenvalue weighted by Gasteiger charge is -2.45. The van der Waals surface area contributed by atoms with Gasteiger partial charge in [-0.1, -0.05) is 12.1 Å². The number of hydrogen-bond donors (Lipinski definition) is 14. The Labute approximate surface area is 452 Å². The number of methoxy groups -OCH3 is 2. The molecule has 0 radical (unpaired) electrons. The van der Waals surface area contributed by atoms with E-state index in [1.807, 2.05) is 0 Å². The van der Waals surface area contributed by atoms with Crippen molar-refractivity contribution in [3.05, 3.63) is 96.1 Å². The second-order valence-electron chi connectivity index (χ2n) is 18.4. The van der Waals surface area contributed by atoms with Crippen LogP contribution in [-0.2, 0) is 38.0 Å². The first-order chi connectivity index (χ1) is 38.2. The molecule has 14 N–H and O–H groups in total. The molecule has 1 aromatic heterocycles. The van der Waals surface area contributed by atoms with Crippen LogP contribution in [0.3, 0.4) is 0 Å². The van der Waals surface area contributed by atoms with Crippen LogP contribution < -0.4 is 18.9 Å². The molecule has 3 aliphatic heterocycles. The lowest BCUT2D eigenvalue weighted by Crippen LogP contribution is -2.65. The standard InChI is InChI=1S/C53H56O27/c1-70-33-14-23(4-9-28(33)57)6-12-40(61)72-20-37-42(63)45(66)48(69)52(78-37)80-50-46(67)43(64)38(21-73-39(60)11-5-22-3-8-27(56)30(59)13-22)79-53(50)76-35-18-26-31(74-49(35)24-7-10-29(58)34(15-24)71-2)16-25(55)17-32(26)75-51-47(68)44(65)41(62)36(19-54)77-51/h3-18,36-38,41-48,50-54,62-69H,19-21H2,1-2H3,(H4-,55,56,57,58,59,60,61)/p+1/t36-,37-,38-,41-,42-,43-,44+,45+,46+,47-,48-,50-,51-,52+,53+/m1/s1. The van der Waals surface area contributed by atoms with Crippen LogP contribution in [0.1, 0.15) is 11.1 Å². The zero-order chi connectivity index (χ0) is 57.7. The summed E-state index contributed by atoms with van der Waals surface area (Å²) in [5, 5.41) is 149. The van der Waals surface area contributed by atoms with E-state index < -0.39 is 147 Å². The third kappa shape index (κ3) is 13.0. The summed E-state index contributed by atoms with van der Waals surface area (Å²) in [4.78, 5) is 25.8. The highest BCUT2D eigenvalue weighted by atomic mass is 16.8. The largest absolute Gasteiger partial charge is 0.507 e. The Morgan fingerprint density at radius 1 is 0.525 bits per heavy atom. The molecule has 0 saturated carbocycles. The quantitative estimate of drug-likeness (QED) is 0.0230. The number of esters is 2. The summed E-state index contributed by atoms with van der Waals surface area (Å²) < 4.78 is 63.3. The molecular formula is C53H57O27+. The number of carbonyl (C=O) groups excluding carboxylic acids is 2. The Balaban J connectivity index is 1.14. The van der Waals surface area contributed by atoms with Crippen LogP contribution >= 0.6 is 0 Å². The Kier molecular flexibility index (Phi) is 18.5. The van der Waals surface area contributed by atoms with Gasteiger partial charge in [-0.05, 0) is 59.7 Å². The minimum atomic E-state index is -2.16. The maximum atomic E-state index is 13.0. The van der Waals surface area contributed by atoms with Gasteiger partial charge in [-0.25, -0.2) is 14.0 Å². The van der Waals surface area contributed by atoms with Gasteiger partial charge in [0.15, 0.2) is 46.9 Å². The van der Waals surface area contributed by atoms with Gasteiger partial charge in [0.1, 0.15) is 97.2 Å². The predicted octanol–water partition coefficient (Wildman–Crippen LogP) is -0.364. The van der Waals surface area contributed by atoms with Crippen LogP contribution in [0.5, 0.6) is 51.7 Å². The van der Waals surface area contributed by atoms with Gasteiger partial charge in [0.2, 0.25) is 18.3 Å². The van der Waals surface area contributed by atoms with Crippen molar-refractivity contribution in [1.82, 2.24) is 0 Å². The van der Waals surface area contributed by atoms with Gasteiger partial charge in [-0.3, -0.25) is 0 Å². The summed E-state index contributed by atoms with van der Waals surface area (Å²) in [6.07, 6.45) is -24.2. The van der Waals surface area contributed by atoms with Crippen molar-refractivity contribution in [2.75, 3.05) is 34.0 Å². The third-order valence-corrected chi connectivity index (χ3v) is 13.0. The highest BCUT2D eigenvalue weighted by Gasteiger charge is 2.53. The molecule has 3 aliphatic rings. The number of benzene rings is 4. The summed E-state index contributed by atoms with van der Waals surface area (Å²) in [7, 11) is 2.58. The number of hydrogen-bond acceptors (Lipinski definition) is 26. The van der Waals surface area contributed by atoms with E-state index in [2.05, 4.69) is 0 Å². The molecular weight excluding hydrogens is 1070 g/mol. The minimum Gasteiger partial charge on any atom is -0.507 e. The SMILES string of the molecule is COc1cc(C=CC(=O)OC[C@H]2O[C@@H](O[C@H]3[C@@H](Oc4cc5c(O[C@@H]6O[C@H](CO)[C@@H](O)[C@H](O)[C@H]6O)cc(O)cc5[o+]c4-c4ccc(O)c(OC)c4)O[C@H](COC(=O)C=Cc4ccc(O)c(O)c4)[C@@H](O)[C@@H]3O)[C@H](O)[C@@H](O)[C@@H]2O)ccc1O. The van der Waals surface area contributed by atoms with Crippen LogP contribution in [0.25, 0.3) is 34.4 Å². The molecule has 80 heavy (non-hydrogen) atoms. The number of ether oxygens (including phenoxy) is 10. The maximum absolute atomic E-state index is 13.0. The molecule has 27 nitrogen and oxygen atoms in total. The van der Waals surface area contributed by atoms with Crippen molar-refractivity contribution in [2.24, 2.45) is 0 Å². The fourth-order valence-corrected chi connectivity index (χ4v) is 8.59. The number of fused-ring (bicyclic) bond motifs is 1. The lowest BCUT2D eigenvalue weighted by atomic mass is 9.97. The molecule has 3 fully saturated rings. The molecule has 0 amide bonds. The third-order valence-electron chi connectivity index (χ3n) is 13.0. The average Bonchev–Trinajstić information content (AvgIpc) is 3.58. The van der Waals surface area contributed by atoms with E-state index in [9.17, 15) is 81.1 Å². The number of carbonyl (C=O) groups is 2. The zero-order valence-electron chi connectivity index (χ0n) is 42.1. The van der Waals surface area contributed by atoms with Crippen LogP contribution in [0.15, 0.2) is 89.4 Å². The fourth-order valence-electron chi connectivity index (χ4n) is 8.59. The van der Waals surface area contributed by atoms with Crippen LogP contribution in [0.2, 0.25) is 0 Å². The minimum absolute atomic E-state index is 0.0857. The summed E-state index contributed by atoms with van der Waals surface area (Å²) in [5.74, 6) is -4.82. The average molecular weight is 1130 g/mol. The van der Waals surface area contributed by atoms with Crippen LogP contribution in [0.4, 0.5) is 0 Å². The second-order valence-corrected chi connectivity index (χ2v) is 18.4.